The third-order valence-corrected chi connectivity index (χ3v) is 6.01. The number of hydrogen-bond donors (Lipinski definition) is 2. The highest BCUT2D eigenvalue weighted by Gasteiger charge is 2.32. The molecule has 0 spiro atoms. The molecule has 4 heterocycles. The number of fused-ring (bicyclic) bond motifs is 3. The normalized spacial score (nSPS) is 19.2. The van der Waals surface area contributed by atoms with E-state index in [1.54, 1.807) is 12.1 Å². The molecule has 1 aromatic carbocycles. The van der Waals surface area contributed by atoms with Crippen LogP contribution < -0.4 is 10.1 Å². The molecule has 0 saturated heterocycles. The van der Waals surface area contributed by atoms with Crippen LogP contribution in [0.5, 0.6) is 11.5 Å². The van der Waals surface area contributed by atoms with E-state index >= 15 is 0 Å². The monoisotopic (exact) mass is 435 g/mol. The Morgan fingerprint density at radius 3 is 2.97 bits per heavy atom. The Labute approximate surface area is 183 Å². The molecular weight excluding hydrogens is 413 g/mol. The number of pyridine rings is 1. The van der Waals surface area contributed by atoms with Gasteiger partial charge in [-0.2, -0.15) is 0 Å². The second-order valence-electron chi connectivity index (χ2n) is 8.06. The largest absolute Gasteiger partial charge is 0.504 e. The van der Waals surface area contributed by atoms with Crippen LogP contribution in [0.15, 0.2) is 59.7 Å². The third kappa shape index (κ3) is 3.05. The van der Waals surface area contributed by atoms with Crippen molar-refractivity contribution in [2.24, 2.45) is 5.92 Å². The number of ether oxygens (including phenoxy) is 3. The van der Waals surface area contributed by atoms with Crippen LogP contribution in [0, 0.1) is 5.92 Å². The molecular formula is C24H22FN3O4. The third-order valence-electron chi connectivity index (χ3n) is 6.01. The fraction of sp³-hybridized carbons (Fsp3) is 0.292. The highest BCUT2D eigenvalue weighted by molar-refractivity contribution is 5.79. The van der Waals surface area contributed by atoms with Crippen molar-refractivity contribution in [2.75, 3.05) is 31.8 Å². The van der Waals surface area contributed by atoms with Crippen LogP contribution in [0.1, 0.15) is 12.1 Å². The van der Waals surface area contributed by atoms with Crippen LogP contribution in [0.4, 0.5) is 10.2 Å². The quantitative estimate of drug-likeness (QED) is 0.640. The Hall–Kier alpha value is -3.68. The van der Waals surface area contributed by atoms with Gasteiger partial charge in [0, 0.05) is 28.9 Å². The first-order valence-corrected chi connectivity index (χ1v) is 10.7. The number of anilines is 1. The molecule has 8 heteroatoms. The fourth-order valence-corrected chi connectivity index (χ4v) is 4.68. The summed E-state index contributed by atoms with van der Waals surface area (Å²) in [5.41, 5.74) is 4.40. The van der Waals surface area contributed by atoms with E-state index in [2.05, 4.69) is 15.8 Å². The van der Waals surface area contributed by atoms with E-state index in [9.17, 15) is 9.50 Å². The number of nitrogens with zero attached hydrogens (tertiary/aromatic N) is 2. The van der Waals surface area contributed by atoms with Crippen molar-refractivity contribution in [3.05, 3.63) is 65.4 Å². The molecule has 0 saturated carbocycles. The molecule has 2 aliphatic heterocycles. The van der Waals surface area contributed by atoms with E-state index in [-0.39, 0.29) is 24.0 Å². The Kier molecular flexibility index (Phi) is 4.45. The maximum Gasteiger partial charge on any atom is 0.161 e. The molecule has 164 valence electrons. The molecule has 32 heavy (non-hydrogen) atoms. The Morgan fingerprint density at radius 2 is 2.09 bits per heavy atom. The summed E-state index contributed by atoms with van der Waals surface area (Å²) in [6, 6.07) is 11.1. The zero-order valence-electron chi connectivity index (χ0n) is 17.3. The number of phenolic OH excluding ortho intramolecular Hbond substituents is 1. The number of hydrogen-bond acceptors (Lipinski definition) is 6. The number of phenols is 1. The predicted octanol–water partition coefficient (Wildman–Crippen LogP) is 4.19. The smallest absolute Gasteiger partial charge is 0.161 e. The summed E-state index contributed by atoms with van der Waals surface area (Å²) >= 11 is 0. The summed E-state index contributed by atoms with van der Waals surface area (Å²) in [6.07, 6.45) is 3.61. The number of rotatable bonds is 4. The summed E-state index contributed by atoms with van der Waals surface area (Å²) in [5.74, 6) is 2.94. The molecule has 2 aromatic heterocycles. The topological polar surface area (TPSA) is 77.3 Å². The van der Waals surface area contributed by atoms with Gasteiger partial charge < -0.3 is 24.6 Å². The molecule has 2 N–H and O–H groups in total. The molecule has 0 fully saturated rings. The Morgan fingerprint density at radius 1 is 1.19 bits per heavy atom. The average Bonchev–Trinajstić information content (AvgIpc) is 3.16. The van der Waals surface area contributed by atoms with Crippen molar-refractivity contribution in [3.63, 3.8) is 0 Å². The summed E-state index contributed by atoms with van der Waals surface area (Å²) in [4.78, 5) is 4.86. The molecule has 3 aromatic rings. The van der Waals surface area contributed by atoms with E-state index in [0.29, 0.717) is 18.9 Å². The van der Waals surface area contributed by atoms with Crippen LogP contribution in [-0.4, -0.2) is 41.0 Å². The minimum Gasteiger partial charge on any atom is -0.504 e. The number of benzene rings is 1. The summed E-state index contributed by atoms with van der Waals surface area (Å²) in [7, 11) is 0. The van der Waals surface area contributed by atoms with Gasteiger partial charge in [-0.25, -0.2) is 9.37 Å². The van der Waals surface area contributed by atoms with Crippen molar-refractivity contribution in [3.8, 4) is 22.8 Å². The summed E-state index contributed by atoms with van der Waals surface area (Å²) < 4.78 is 31.7. The zero-order valence-corrected chi connectivity index (χ0v) is 17.3. The van der Waals surface area contributed by atoms with Gasteiger partial charge in [-0.15, -0.1) is 0 Å². The SMILES string of the molecule is Oc1cc(-c2nc3cccc4n3c2NC2=CC3=C(OCCO3)C(C2)C4)ccc1OCCF. The van der Waals surface area contributed by atoms with Crippen molar-refractivity contribution >= 4 is 11.5 Å². The second kappa shape index (κ2) is 7.47. The number of allylic oxidation sites excluding steroid dienone is 3. The Bertz CT molecular complexity index is 1280. The average molecular weight is 435 g/mol. The summed E-state index contributed by atoms with van der Waals surface area (Å²) in [6.45, 7) is 0.402. The number of alkyl halides is 1. The van der Waals surface area contributed by atoms with Crippen LogP contribution in [0.3, 0.4) is 0 Å². The van der Waals surface area contributed by atoms with Gasteiger partial charge in [0.25, 0.3) is 0 Å². The minimum absolute atomic E-state index is 0.0502. The van der Waals surface area contributed by atoms with Gasteiger partial charge in [-0.3, -0.25) is 4.40 Å². The number of aromatic nitrogens is 2. The van der Waals surface area contributed by atoms with Gasteiger partial charge in [0.1, 0.15) is 49.4 Å². The first-order valence-electron chi connectivity index (χ1n) is 10.7. The standard InChI is InChI=1S/C24H22FN3O4/c25-6-7-30-19-5-4-14(12-18(19)29)22-24-26-16-10-15(23-20(13-16)31-8-9-32-23)11-17-2-1-3-21(27-22)28(17)24/h1-5,12-13,15,26,29H,6-11H2. The van der Waals surface area contributed by atoms with Crippen LogP contribution in [-0.2, 0) is 15.9 Å². The highest BCUT2D eigenvalue weighted by Crippen LogP contribution is 2.41. The Balaban J connectivity index is 1.48. The van der Waals surface area contributed by atoms with Gasteiger partial charge in [0.15, 0.2) is 17.3 Å². The van der Waals surface area contributed by atoms with Crippen molar-refractivity contribution in [2.45, 2.75) is 12.8 Å². The van der Waals surface area contributed by atoms with Gasteiger partial charge in [-0.1, -0.05) is 6.07 Å². The number of imidazole rings is 1. The lowest BCUT2D eigenvalue weighted by atomic mass is 9.89. The maximum absolute atomic E-state index is 12.4. The first-order chi connectivity index (χ1) is 15.7. The number of aromatic hydroxyl groups is 1. The summed E-state index contributed by atoms with van der Waals surface area (Å²) in [5, 5.41) is 14.0. The van der Waals surface area contributed by atoms with E-state index in [0.717, 1.165) is 52.8 Å². The molecule has 1 unspecified atom stereocenters. The maximum atomic E-state index is 12.4. The van der Waals surface area contributed by atoms with E-state index in [1.807, 2.05) is 24.3 Å². The molecule has 6 rings (SSSR count). The van der Waals surface area contributed by atoms with Crippen molar-refractivity contribution < 1.29 is 23.7 Å². The van der Waals surface area contributed by atoms with Gasteiger partial charge in [0.05, 0.1) is 0 Å². The zero-order chi connectivity index (χ0) is 21.7. The predicted molar refractivity (Wildman–Crippen MR) is 116 cm³/mol. The van der Waals surface area contributed by atoms with Crippen LogP contribution in [0.2, 0.25) is 0 Å². The van der Waals surface area contributed by atoms with E-state index in [4.69, 9.17) is 19.2 Å². The van der Waals surface area contributed by atoms with Gasteiger partial charge >= 0.3 is 0 Å². The number of halogens is 1. The molecule has 7 nitrogen and oxygen atoms in total. The molecule has 1 atom stereocenters. The van der Waals surface area contributed by atoms with Crippen molar-refractivity contribution in [1.29, 1.82) is 0 Å². The van der Waals surface area contributed by atoms with Gasteiger partial charge in [-0.05, 0) is 43.2 Å². The lowest BCUT2D eigenvalue weighted by Crippen LogP contribution is -2.27. The number of nitrogens with one attached hydrogen (secondary N) is 1. The molecule has 3 aliphatic rings. The minimum atomic E-state index is -0.618. The molecule has 0 amide bonds. The second-order valence-corrected chi connectivity index (χ2v) is 8.06. The lowest BCUT2D eigenvalue weighted by Gasteiger charge is -2.33. The first kappa shape index (κ1) is 19.0. The molecule has 1 aliphatic carbocycles. The lowest BCUT2D eigenvalue weighted by molar-refractivity contribution is 0.0484. The molecule has 2 bridgehead atoms. The molecule has 0 radical (unpaired) electrons. The van der Waals surface area contributed by atoms with Crippen LogP contribution >= 0.6 is 0 Å². The van der Waals surface area contributed by atoms with E-state index < -0.39 is 6.67 Å². The van der Waals surface area contributed by atoms with Crippen LogP contribution in [0.25, 0.3) is 16.9 Å². The highest BCUT2D eigenvalue weighted by atomic mass is 19.1. The van der Waals surface area contributed by atoms with Gasteiger partial charge in [0.2, 0.25) is 0 Å². The fourth-order valence-electron chi connectivity index (χ4n) is 4.68. The van der Waals surface area contributed by atoms with Crippen molar-refractivity contribution in [1.82, 2.24) is 9.38 Å². The van der Waals surface area contributed by atoms with E-state index in [1.165, 1.54) is 0 Å².